The van der Waals surface area contributed by atoms with Gasteiger partial charge in [-0.15, -0.1) is 0 Å². The van der Waals surface area contributed by atoms with Crippen molar-refractivity contribution in [3.63, 3.8) is 0 Å². The molecule has 1 saturated carbocycles. The van der Waals surface area contributed by atoms with Gasteiger partial charge in [0.2, 0.25) is 5.95 Å². The molecule has 1 aromatic carbocycles. The largest absolute Gasteiger partial charge is 0.369 e. The molecular weight excluding hydrogens is 265 g/mol. The molecule has 1 aliphatic carbocycles. The van der Waals surface area contributed by atoms with Crippen LogP contribution in [-0.2, 0) is 0 Å². The monoisotopic (exact) mass is 281 g/mol. The Balaban J connectivity index is 2.16. The fraction of sp³-hybridized carbons (Fsp3) is 0.500. The van der Waals surface area contributed by atoms with E-state index >= 15 is 0 Å². The molecule has 0 saturated heterocycles. The number of nitrogen functional groups attached to an aromatic ring is 1. The zero-order valence-electron chi connectivity index (χ0n) is 10.9. The first-order chi connectivity index (χ1) is 9.08. The van der Waals surface area contributed by atoms with Crippen LogP contribution in [0.1, 0.15) is 38.6 Å². The van der Waals surface area contributed by atoms with Crippen molar-refractivity contribution in [1.82, 2.24) is 9.55 Å². The third kappa shape index (κ3) is 2.08. The van der Waals surface area contributed by atoms with E-state index in [0.29, 0.717) is 23.4 Å². The molecule has 5 heteroatoms. The number of aromatic nitrogens is 2. The summed E-state index contributed by atoms with van der Waals surface area (Å²) >= 11 is 5.89. The molecule has 0 spiro atoms. The Kier molecular flexibility index (Phi) is 3.13. The van der Waals surface area contributed by atoms with Crippen molar-refractivity contribution in [3.8, 4) is 0 Å². The number of hydrogen-bond acceptors (Lipinski definition) is 2. The highest BCUT2D eigenvalue weighted by Gasteiger charge is 2.26. The molecule has 0 amide bonds. The number of halogens is 2. The zero-order chi connectivity index (χ0) is 13.6. The van der Waals surface area contributed by atoms with Crippen LogP contribution in [0.25, 0.3) is 11.0 Å². The molecule has 0 radical (unpaired) electrons. The average Bonchev–Trinajstić information content (AvgIpc) is 2.66. The first kappa shape index (κ1) is 12.7. The summed E-state index contributed by atoms with van der Waals surface area (Å²) in [4.78, 5) is 4.27. The number of rotatable bonds is 1. The van der Waals surface area contributed by atoms with E-state index in [1.807, 2.05) is 4.57 Å². The van der Waals surface area contributed by atoms with E-state index in [1.165, 1.54) is 25.3 Å². The Morgan fingerprint density at radius 3 is 2.84 bits per heavy atom. The molecule has 1 fully saturated rings. The maximum atomic E-state index is 13.5. The first-order valence-corrected chi connectivity index (χ1v) is 7.08. The highest BCUT2D eigenvalue weighted by atomic mass is 35.5. The van der Waals surface area contributed by atoms with Crippen molar-refractivity contribution in [2.75, 3.05) is 5.73 Å². The Morgan fingerprint density at radius 2 is 2.11 bits per heavy atom. The van der Waals surface area contributed by atoms with Crippen LogP contribution in [-0.4, -0.2) is 9.55 Å². The minimum atomic E-state index is -0.449. The normalized spacial score (nSPS) is 23.9. The van der Waals surface area contributed by atoms with Gasteiger partial charge < -0.3 is 10.3 Å². The number of anilines is 1. The summed E-state index contributed by atoms with van der Waals surface area (Å²) in [5, 5.41) is 0.122. The van der Waals surface area contributed by atoms with Crippen molar-refractivity contribution in [1.29, 1.82) is 0 Å². The predicted molar refractivity (Wildman–Crippen MR) is 75.8 cm³/mol. The van der Waals surface area contributed by atoms with Gasteiger partial charge in [0, 0.05) is 12.1 Å². The van der Waals surface area contributed by atoms with E-state index in [2.05, 4.69) is 11.9 Å². The highest BCUT2D eigenvalue weighted by molar-refractivity contribution is 6.31. The third-order valence-corrected chi connectivity index (χ3v) is 4.45. The summed E-state index contributed by atoms with van der Waals surface area (Å²) in [5.41, 5.74) is 7.45. The Bertz CT molecular complexity index is 623. The molecule has 102 valence electrons. The molecule has 19 heavy (non-hydrogen) atoms. The van der Waals surface area contributed by atoms with Crippen molar-refractivity contribution >= 4 is 28.6 Å². The molecule has 2 unspecified atom stereocenters. The van der Waals surface area contributed by atoms with Crippen molar-refractivity contribution in [2.24, 2.45) is 5.92 Å². The third-order valence-electron chi connectivity index (χ3n) is 4.16. The second-order valence-corrected chi connectivity index (χ2v) is 5.83. The maximum Gasteiger partial charge on any atom is 0.201 e. The van der Waals surface area contributed by atoms with Crippen LogP contribution in [0.3, 0.4) is 0 Å². The molecule has 3 rings (SSSR count). The van der Waals surface area contributed by atoms with E-state index in [-0.39, 0.29) is 5.02 Å². The standard InChI is InChI=1S/C14H17ClFN3/c1-8-4-2-3-5-12(8)19-13-6-9(15)10(16)7-11(13)18-14(19)17/h6-8,12H,2-5H2,1H3,(H2,17,18). The van der Waals surface area contributed by atoms with Gasteiger partial charge in [-0.2, -0.15) is 0 Å². The summed E-state index contributed by atoms with van der Waals surface area (Å²) in [6.45, 7) is 2.24. The number of hydrogen-bond donors (Lipinski definition) is 1. The topological polar surface area (TPSA) is 43.8 Å². The van der Waals surface area contributed by atoms with Crippen LogP contribution in [0.4, 0.5) is 10.3 Å². The molecule has 2 atom stereocenters. The lowest BCUT2D eigenvalue weighted by Crippen LogP contribution is -2.22. The lowest BCUT2D eigenvalue weighted by molar-refractivity contribution is 0.264. The van der Waals surface area contributed by atoms with Crippen molar-refractivity contribution < 1.29 is 4.39 Å². The fourth-order valence-electron chi connectivity index (χ4n) is 3.14. The fourth-order valence-corrected chi connectivity index (χ4v) is 3.30. The number of imidazole rings is 1. The number of fused-ring (bicyclic) bond motifs is 1. The number of nitrogens with two attached hydrogens (primary N) is 1. The van der Waals surface area contributed by atoms with Crippen molar-refractivity contribution in [2.45, 2.75) is 38.6 Å². The van der Waals surface area contributed by atoms with Gasteiger partial charge in [-0.25, -0.2) is 9.37 Å². The molecule has 2 N–H and O–H groups in total. The molecule has 2 aromatic rings. The molecule has 3 nitrogen and oxygen atoms in total. The minimum absolute atomic E-state index is 0.122. The summed E-state index contributed by atoms with van der Waals surface area (Å²) in [6.07, 6.45) is 4.74. The van der Waals surface area contributed by atoms with E-state index < -0.39 is 5.82 Å². The van der Waals surface area contributed by atoms with Crippen LogP contribution >= 0.6 is 11.6 Å². The Hall–Kier alpha value is -1.29. The second-order valence-electron chi connectivity index (χ2n) is 5.42. The smallest absolute Gasteiger partial charge is 0.201 e. The van der Waals surface area contributed by atoms with Gasteiger partial charge in [0.1, 0.15) is 5.82 Å². The molecule has 0 bridgehead atoms. The summed E-state index contributed by atoms with van der Waals surface area (Å²) in [5.74, 6) is 0.559. The van der Waals surface area contributed by atoms with Crippen molar-refractivity contribution in [3.05, 3.63) is 23.0 Å². The molecule has 1 heterocycles. The summed E-state index contributed by atoms with van der Waals surface area (Å²) in [7, 11) is 0. The quantitative estimate of drug-likeness (QED) is 0.853. The van der Waals surface area contributed by atoms with Gasteiger partial charge in [-0.1, -0.05) is 31.4 Å². The summed E-state index contributed by atoms with van der Waals surface area (Å²) in [6, 6.07) is 3.33. The van der Waals surface area contributed by atoms with Crippen LogP contribution < -0.4 is 5.73 Å². The van der Waals surface area contributed by atoms with Crippen LogP contribution in [0, 0.1) is 11.7 Å². The van der Waals surface area contributed by atoms with Crippen LogP contribution in [0.2, 0.25) is 5.02 Å². The van der Waals surface area contributed by atoms with E-state index in [1.54, 1.807) is 6.07 Å². The van der Waals surface area contributed by atoms with Gasteiger partial charge in [0.15, 0.2) is 0 Å². The van der Waals surface area contributed by atoms with Gasteiger partial charge in [0.05, 0.1) is 16.1 Å². The summed E-state index contributed by atoms with van der Waals surface area (Å²) < 4.78 is 15.5. The van der Waals surface area contributed by atoms with E-state index in [9.17, 15) is 4.39 Å². The SMILES string of the molecule is CC1CCCCC1n1c(N)nc2cc(F)c(Cl)cc21. The highest BCUT2D eigenvalue weighted by Crippen LogP contribution is 2.38. The molecule has 0 aliphatic heterocycles. The average molecular weight is 282 g/mol. The van der Waals surface area contributed by atoms with E-state index in [0.717, 1.165) is 11.9 Å². The maximum absolute atomic E-state index is 13.5. The van der Waals surface area contributed by atoms with E-state index in [4.69, 9.17) is 17.3 Å². The predicted octanol–water partition coefficient (Wildman–Crippen LogP) is 4.16. The Morgan fingerprint density at radius 1 is 1.37 bits per heavy atom. The van der Waals surface area contributed by atoms with Crippen LogP contribution in [0.5, 0.6) is 0 Å². The zero-order valence-corrected chi connectivity index (χ0v) is 11.6. The molecular formula is C14H17ClFN3. The Labute approximate surface area is 116 Å². The number of nitrogens with zero attached hydrogens (tertiary/aromatic N) is 2. The lowest BCUT2D eigenvalue weighted by Gasteiger charge is -2.31. The second kappa shape index (κ2) is 4.67. The van der Waals surface area contributed by atoms with Gasteiger partial charge in [0.25, 0.3) is 0 Å². The van der Waals surface area contributed by atoms with Gasteiger partial charge in [-0.05, 0) is 24.8 Å². The minimum Gasteiger partial charge on any atom is -0.369 e. The van der Waals surface area contributed by atoms with Gasteiger partial charge in [-0.3, -0.25) is 0 Å². The van der Waals surface area contributed by atoms with Gasteiger partial charge >= 0.3 is 0 Å². The molecule has 1 aliphatic rings. The lowest BCUT2D eigenvalue weighted by atomic mass is 9.85. The number of benzene rings is 1. The van der Waals surface area contributed by atoms with Crippen LogP contribution in [0.15, 0.2) is 12.1 Å². The first-order valence-electron chi connectivity index (χ1n) is 6.70. The molecule has 1 aromatic heterocycles.